The number of nitrogens with zero attached hydrogens (tertiary/aromatic N) is 1. The van der Waals surface area contributed by atoms with Crippen LogP contribution in [0.15, 0.2) is 36.4 Å². The van der Waals surface area contributed by atoms with Gasteiger partial charge in [-0.2, -0.15) is 0 Å². The number of rotatable bonds is 6. The number of para-hydroxylation sites is 1. The van der Waals surface area contributed by atoms with E-state index in [9.17, 15) is 18.8 Å². The number of benzene rings is 1. The quantitative estimate of drug-likeness (QED) is 0.336. The highest BCUT2D eigenvalue weighted by Gasteiger charge is 2.50. The van der Waals surface area contributed by atoms with Crippen LogP contribution in [-0.4, -0.2) is 41.9 Å². The molecular weight excluding hydrogens is 341 g/mol. The number of hydrogen-bond acceptors (Lipinski definition) is 5. The summed E-state index contributed by atoms with van der Waals surface area (Å²) in [6.45, 7) is 1.33. The summed E-state index contributed by atoms with van der Waals surface area (Å²) < 4.78 is 23.7. The van der Waals surface area contributed by atoms with Crippen LogP contribution in [0.5, 0.6) is 5.75 Å². The summed E-state index contributed by atoms with van der Waals surface area (Å²) in [5, 5.41) is 0. The van der Waals surface area contributed by atoms with E-state index in [1.165, 1.54) is 19.1 Å². The number of carbonyl (C=O) groups is 3. The molecule has 0 spiro atoms. The molecule has 1 fully saturated rings. The van der Waals surface area contributed by atoms with Gasteiger partial charge in [-0.15, -0.1) is 0 Å². The van der Waals surface area contributed by atoms with Gasteiger partial charge in [0.2, 0.25) is 11.8 Å². The zero-order valence-corrected chi connectivity index (χ0v) is 14.4. The normalized spacial score (nSPS) is 22.9. The number of likely N-dealkylation sites (tertiary alicyclic amines) is 1. The van der Waals surface area contributed by atoms with Crippen LogP contribution in [0.25, 0.3) is 0 Å². The standard InChI is InChI=1S/C19H20FNO5/c1-12(21-17(22)13-6-2-3-7-14(13)18(21)23)19(24)26-11-10-25-16-9-5-4-8-15(16)20/h2-5,8-9,12-14H,6-7,10-11H2,1H3/t12-,13-,14-/m1/s1. The summed E-state index contributed by atoms with van der Waals surface area (Å²) in [5.41, 5.74) is 0. The predicted octanol–water partition coefficient (Wildman–Crippen LogP) is 2.09. The Morgan fingerprint density at radius 1 is 1.15 bits per heavy atom. The second-order valence-corrected chi connectivity index (χ2v) is 6.32. The molecule has 6 nitrogen and oxygen atoms in total. The third-order valence-electron chi connectivity index (χ3n) is 4.69. The maximum absolute atomic E-state index is 13.4. The van der Waals surface area contributed by atoms with Crippen LogP contribution >= 0.6 is 0 Å². The lowest BCUT2D eigenvalue weighted by Crippen LogP contribution is -2.44. The molecule has 0 saturated carbocycles. The third-order valence-corrected chi connectivity index (χ3v) is 4.69. The largest absolute Gasteiger partial charge is 0.487 e. The fourth-order valence-electron chi connectivity index (χ4n) is 3.29. The van der Waals surface area contributed by atoms with Crippen LogP contribution in [0, 0.1) is 17.7 Å². The van der Waals surface area contributed by atoms with Crippen LogP contribution in [-0.2, 0) is 19.1 Å². The number of esters is 1. The first-order valence-electron chi connectivity index (χ1n) is 8.56. The minimum atomic E-state index is -0.992. The van der Waals surface area contributed by atoms with Crippen molar-refractivity contribution in [3.05, 3.63) is 42.2 Å². The second-order valence-electron chi connectivity index (χ2n) is 6.32. The van der Waals surface area contributed by atoms with Gasteiger partial charge in [-0.25, -0.2) is 9.18 Å². The number of ether oxygens (including phenoxy) is 2. The zero-order valence-electron chi connectivity index (χ0n) is 14.4. The Kier molecular flexibility index (Phi) is 5.35. The van der Waals surface area contributed by atoms with Crippen molar-refractivity contribution in [2.24, 2.45) is 11.8 Å². The van der Waals surface area contributed by atoms with E-state index in [0.717, 1.165) is 4.90 Å². The SMILES string of the molecule is C[C@H](C(=O)OCCOc1ccccc1F)N1C(=O)[C@@H]2CC=CC[C@H]2C1=O. The van der Waals surface area contributed by atoms with Gasteiger partial charge in [0.1, 0.15) is 19.3 Å². The van der Waals surface area contributed by atoms with Gasteiger partial charge in [-0.3, -0.25) is 14.5 Å². The van der Waals surface area contributed by atoms with E-state index in [1.54, 1.807) is 12.1 Å². The Bertz CT molecular complexity index is 721. The number of hydrogen-bond donors (Lipinski definition) is 0. The monoisotopic (exact) mass is 361 g/mol. The highest BCUT2D eigenvalue weighted by atomic mass is 19.1. The van der Waals surface area contributed by atoms with Crippen LogP contribution in [0.4, 0.5) is 4.39 Å². The van der Waals surface area contributed by atoms with Crippen molar-refractivity contribution >= 4 is 17.8 Å². The minimum absolute atomic E-state index is 0.0313. The molecule has 1 aromatic carbocycles. The number of imide groups is 1. The number of fused-ring (bicyclic) bond motifs is 1. The molecule has 1 heterocycles. The lowest BCUT2D eigenvalue weighted by Gasteiger charge is -2.21. The van der Waals surface area contributed by atoms with E-state index in [0.29, 0.717) is 12.8 Å². The molecule has 0 bridgehead atoms. The van der Waals surface area contributed by atoms with Crippen molar-refractivity contribution in [3.8, 4) is 5.75 Å². The molecule has 1 saturated heterocycles. The summed E-state index contributed by atoms with van der Waals surface area (Å²) in [6, 6.07) is 4.92. The number of halogens is 1. The summed E-state index contributed by atoms with van der Waals surface area (Å²) in [4.78, 5) is 38.1. The molecule has 138 valence electrons. The molecular formula is C19H20FNO5. The predicted molar refractivity (Wildman–Crippen MR) is 89.5 cm³/mol. The maximum Gasteiger partial charge on any atom is 0.329 e. The lowest BCUT2D eigenvalue weighted by molar-refractivity contribution is -0.158. The number of allylic oxidation sites excluding steroid dienone is 2. The Morgan fingerprint density at radius 3 is 2.38 bits per heavy atom. The van der Waals surface area contributed by atoms with Gasteiger partial charge >= 0.3 is 5.97 Å². The van der Waals surface area contributed by atoms with Crippen molar-refractivity contribution in [2.45, 2.75) is 25.8 Å². The van der Waals surface area contributed by atoms with Gasteiger partial charge in [0.25, 0.3) is 0 Å². The Morgan fingerprint density at radius 2 is 1.77 bits per heavy atom. The van der Waals surface area contributed by atoms with Crippen molar-refractivity contribution in [1.29, 1.82) is 0 Å². The van der Waals surface area contributed by atoms with Crippen LogP contribution in [0.2, 0.25) is 0 Å². The fourth-order valence-corrected chi connectivity index (χ4v) is 3.29. The number of carbonyl (C=O) groups excluding carboxylic acids is 3. The molecule has 26 heavy (non-hydrogen) atoms. The van der Waals surface area contributed by atoms with Gasteiger partial charge < -0.3 is 9.47 Å². The van der Waals surface area contributed by atoms with Crippen molar-refractivity contribution in [2.75, 3.05) is 13.2 Å². The molecule has 0 aromatic heterocycles. The van der Waals surface area contributed by atoms with E-state index < -0.39 is 17.8 Å². The Hall–Kier alpha value is -2.70. The van der Waals surface area contributed by atoms with E-state index in [-0.39, 0.29) is 42.6 Å². The molecule has 1 aliphatic heterocycles. The average Bonchev–Trinajstić information content (AvgIpc) is 2.90. The smallest absolute Gasteiger partial charge is 0.329 e. The first kappa shape index (κ1) is 18.1. The van der Waals surface area contributed by atoms with Crippen LogP contribution < -0.4 is 4.74 Å². The first-order valence-corrected chi connectivity index (χ1v) is 8.56. The topological polar surface area (TPSA) is 72.9 Å². The van der Waals surface area contributed by atoms with E-state index in [1.807, 2.05) is 12.2 Å². The van der Waals surface area contributed by atoms with Crippen LogP contribution in [0.3, 0.4) is 0 Å². The molecule has 0 N–H and O–H groups in total. The number of amides is 2. The van der Waals surface area contributed by atoms with Gasteiger partial charge in [-0.05, 0) is 31.9 Å². The van der Waals surface area contributed by atoms with Crippen LogP contribution in [0.1, 0.15) is 19.8 Å². The summed E-state index contributed by atoms with van der Waals surface area (Å²) in [7, 11) is 0. The zero-order chi connectivity index (χ0) is 18.7. The molecule has 3 atom stereocenters. The van der Waals surface area contributed by atoms with Crippen molar-refractivity contribution < 1.29 is 28.2 Å². The van der Waals surface area contributed by atoms with Gasteiger partial charge in [0.15, 0.2) is 11.6 Å². The molecule has 7 heteroatoms. The maximum atomic E-state index is 13.4. The molecule has 3 rings (SSSR count). The molecule has 1 aliphatic carbocycles. The molecule has 0 unspecified atom stereocenters. The van der Waals surface area contributed by atoms with Crippen molar-refractivity contribution in [3.63, 3.8) is 0 Å². The Labute approximate surface area is 150 Å². The van der Waals surface area contributed by atoms with Crippen molar-refractivity contribution in [1.82, 2.24) is 4.90 Å². The highest BCUT2D eigenvalue weighted by molar-refractivity contribution is 6.08. The minimum Gasteiger partial charge on any atom is -0.487 e. The average molecular weight is 361 g/mol. The molecule has 2 aliphatic rings. The third kappa shape index (κ3) is 3.47. The van der Waals surface area contributed by atoms with E-state index in [2.05, 4.69) is 0 Å². The van der Waals surface area contributed by atoms with Gasteiger partial charge in [0.05, 0.1) is 11.8 Å². The Balaban J connectivity index is 1.51. The van der Waals surface area contributed by atoms with Gasteiger partial charge in [0, 0.05) is 0 Å². The van der Waals surface area contributed by atoms with Gasteiger partial charge in [-0.1, -0.05) is 24.3 Å². The fraction of sp³-hybridized carbons (Fsp3) is 0.421. The molecule has 1 aromatic rings. The molecule has 2 amide bonds. The summed E-state index contributed by atoms with van der Waals surface area (Å²) in [6.07, 6.45) is 4.81. The highest BCUT2D eigenvalue weighted by Crippen LogP contribution is 2.36. The summed E-state index contributed by atoms with van der Waals surface area (Å²) in [5.74, 6) is -2.53. The lowest BCUT2D eigenvalue weighted by atomic mass is 9.85. The second kappa shape index (κ2) is 7.68. The first-order chi connectivity index (χ1) is 12.5. The van der Waals surface area contributed by atoms with E-state index >= 15 is 0 Å². The summed E-state index contributed by atoms with van der Waals surface area (Å²) >= 11 is 0. The molecule has 0 radical (unpaired) electrons. The van der Waals surface area contributed by atoms with E-state index in [4.69, 9.17) is 9.47 Å².